The van der Waals surface area contributed by atoms with Gasteiger partial charge in [0.15, 0.2) is 5.75 Å². The number of benzene rings is 1. The molecule has 31 heavy (non-hydrogen) atoms. The van der Waals surface area contributed by atoms with Crippen molar-refractivity contribution >= 4 is 17.8 Å². The zero-order valence-corrected chi connectivity index (χ0v) is 19.5. The lowest BCUT2D eigenvalue weighted by atomic mass is 10.0. The van der Waals surface area contributed by atoms with Crippen LogP contribution >= 0.6 is 0 Å². The van der Waals surface area contributed by atoms with E-state index in [-0.39, 0.29) is 17.0 Å². The van der Waals surface area contributed by atoms with Gasteiger partial charge in [0.25, 0.3) is 0 Å². The Hall–Kier alpha value is -2.24. The standard InChI is InChI=1S/C25H41NO5/c1-3-4-5-6-7-8-9-10-11-12-13-14-15-16-20-30-25(28)31-22-19-17-18-21(26)23(22)24(27)29-2/h17-19H,3-16,20,26H2,1-2H3. The second-order valence-corrected chi connectivity index (χ2v) is 8.01. The molecule has 0 radical (unpaired) electrons. The van der Waals surface area contributed by atoms with Crippen LogP contribution in [0.2, 0.25) is 0 Å². The molecule has 0 amide bonds. The van der Waals surface area contributed by atoms with Crippen molar-refractivity contribution in [3.63, 3.8) is 0 Å². The highest BCUT2D eigenvalue weighted by Gasteiger charge is 2.19. The molecule has 0 atom stereocenters. The van der Waals surface area contributed by atoms with Gasteiger partial charge in [-0.05, 0) is 18.6 Å². The summed E-state index contributed by atoms with van der Waals surface area (Å²) in [6.45, 7) is 2.56. The third-order valence-electron chi connectivity index (χ3n) is 5.36. The van der Waals surface area contributed by atoms with Crippen molar-refractivity contribution in [1.29, 1.82) is 0 Å². The first-order chi connectivity index (χ1) is 15.1. The Morgan fingerprint density at radius 2 is 1.32 bits per heavy atom. The Kier molecular flexibility index (Phi) is 15.1. The number of unbranched alkanes of at least 4 members (excludes halogenated alkanes) is 13. The second kappa shape index (κ2) is 17.4. The lowest BCUT2D eigenvalue weighted by molar-refractivity contribution is 0.0595. The number of nitrogen functional groups attached to an aromatic ring is 1. The van der Waals surface area contributed by atoms with Gasteiger partial charge in [0, 0.05) is 5.69 Å². The van der Waals surface area contributed by atoms with Crippen LogP contribution in [0.1, 0.15) is 107 Å². The highest BCUT2D eigenvalue weighted by atomic mass is 16.7. The van der Waals surface area contributed by atoms with Crippen LogP contribution in [0.25, 0.3) is 0 Å². The minimum absolute atomic E-state index is 0.0263. The maximum absolute atomic E-state index is 11.9. The third kappa shape index (κ3) is 12.3. The number of nitrogens with two attached hydrogens (primary N) is 1. The van der Waals surface area contributed by atoms with E-state index in [2.05, 4.69) is 11.7 Å². The van der Waals surface area contributed by atoms with Gasteiger partial charge in [0.05, 0.1) is 13.7 Å². The van der Waals surface area contributed by atoms with E-state index in [1.54, 1.807) is 12.1 Å². The molecule has 0 heterocycles. The number of hydrogen-bond acceptors (Lipinski definition) is 6. The van der Waals surface area contributed by atoms with Crippen LogP contribution in [0, 0.1) is 0 Å². The fourth-order valence-corrected chi connectivity index (χ4v) is 3.53. The fraction of sp³-hybridized carbons (Fsp3) is 0.680. The van der Waals surface area contributed by atoms with Crippen molar-refractivity contribution in [2.75, 3.05) is 19.5 Å². The van der Waals surface area contributed by atoms with Crippen LogP contribution in [0.5, 0.6) is 5.75 Å². The van der Waals surface area contributed by atoms with Gasteiger partial charge in [-0.15, -0.1) is 0 Å². The number of esters is 1. The Balaban J connectivity index is 2.02. The quantitative estimate of drug-likeness (QED) is 0.122. The van der Waals surface area contributed by atoms with E-state index < -0.39 is 12.1 Å². The van der Waals surface area contributed by atoms with Gasteiger partial charge >= 0.3 is 12.1 Å². The van der Waals surface area contributed by atoms with Gasteiger partial charge in [0.1, 0.15) is 5.56 Å². The van der Waals surface area contributed by atoms with Crippen LogP contribution in [-0.4, -0.2) is 25.8 Å². The van der Waals surface area contributed by atoms with Crippen molar-refractivity contribution in [3.05, 3.63) is 23.8 Å². The lowest BCUT2D eigenvalue weighted by Gasteiger charge is -2.11. The first-order valence-electron chi connectivity index (χ1n) is 11.9. The number of hydrogen-bond donors (Lipinski definition) is 1. The molecule has 0 saturated carbocycles. The Morgan fingerprint density at radius 1 is 0.806 bits per heavy atom. The maximum atomic E-state index is 11.9. The Morgan fingerprint density at radius 3 is 1.84 bits per heavy atom. The van der Waals surface area contributed by atoms with Crippen LogP contribution < -0.4 is 10.5 Å². The molecule has 0 aliphatic rings. The van der Waals surface area contributed by atoms with E-state index in [9.17, 15) is 9.59 Å². The molecule has 6 nitrogen and oxygen atoms in total. The van der Waals surface area contributed by atoms with Crippen LogP contribution in [0.4, 0.5) is 10.5 Å². The predicted octanol–water partition coefficient (Wildman–Crippen LogP) is 7.05. The van der Waals surface area contributed by atoms with Crippen molar-refractivity contribution in [1.82, 2.24) is 0 Å². The second-order valence-electron chi connectivity index (χ2n) is 8.01. The van der Waals surface area contributed by atoms with Crippen molar-refractivity contribution in [2.45, 2.75) is 96.8 Å². The van der Waals surface area contributed by atoms with E-state index in [1.165, 1.54) is 83.8 Å². The SMILES string of the molecule is CCCCCCCCCCCCCCCCOC(=O)Oc1cccc(N)c1C(=O)OC. The number of rotatable bonds is 17. The molecule has 0 saturated heterocycles. The van der Waals surface area contributed by atoms with Crippen LogP contribution in [-0.2, 0) is 9.47 Å². The van der Waals surface area contributed by atoms with Crippen molar-refractivity contribution in [3.8, 4) is 5.75 Å². The number of ether oxygens (including phenoxy) is 3. The number of carbonyl (C=O) groups excluding carboxylic acids is 2. The molecular weight excluding hydrogens is 394 g/mol. The summed E-state index contributed by atoms with van der Waals surface area (Å²) in [5, 5.41) is 0. The summed E-state index contributed by atoms with van der Waals surface area (Å²) in [6, 6.07) is 4.62. The molecule has 0 aromatic heterocycles. The molecule has 0 aliphatic carbocycles. The van der Waals surface area contributed by atoms with Gasteiger partial charge < -0.3 is 19.9 Å². The topological polar surface area (TPSA) is 87.9 Å². The fourth-order valence-electron chi connectivity index (χ4n) is 3.53. The largest absolute Gasteiger partial charge is 0.513 e. The molecule has 1 aromatic carbocycles. The highest BCUT2D eigenvalue weighted by molar-refractivity contribution is 5.98. The molecule has 0 fully saturated rings. The average Bonchev–Trinajstić information content (AvgIpc) is 2.76. The monoisotopic (exact) mass is 435 g/mol. The molecule has 0 unspecified atom stereocenters. The van der Waals surface area contributed by atoms with Crippen LogP contribution in [0.3, 0.4) is 0 Å². The number of anilines is 1. The van der Waals surface area contributed by atoms with Gasteiger partial charge in [-0.1, -0.05) is 96.5 Å². The van der Waals surface area contributed by atoms with Gasteiger partial charge in [-0.2, -0.15) is 0 Å². The smallest absolute Gasteiger partial charge is 0.465 e. The molecule has 1 rings (SSSR count). The molecule has 2 N–H and O–H groups in total. The molecule has 0 spiro atoms. The molecular formula is C25H41NO5. The van der Waals surface area contributed by atoms with E-state index in [1.807, 2.05) is 0 Å². The maximum Gasteiger partial charge on any atom is 0.513 e. The summed E-state index contributed by atoms with van der Waals surface area (Å²) < 4.78 is 14.9. The van der Waals surface area contributed by atoms with Crippen molar-refractivity contribution in [2.24, 2.45) is 0 Å². The Labute approximate surface area is 187 Å². The van der Waals surface area contributed by atoms with Gasteiger partial charge in [-0.25, -0.2) is 9.59 Å². The number of methoxy groups -OCH3 is 1. The first kappa shape index (κ1) is 26.8. The van der Waals surface area contributed by atoms with E-state index in [0.717, 1.165) is 19.3 Å². The van der Waals surface area contributed by atoms with E-state index in [4.69, 9.17) is 15.2 Å². The average molecular weight is 436 g/mol. The molecule has 0 aliphatic heterocycles. The molecule has 0 bridgehead atoms. The predicted molar refractivity (Wildman–Crippen MR) is 124 cm³/mol. The zero-order valence-electron chi connectivity index (χ0n) is 19.5. The normalized spacial score (nSPS) is 10.6. The Bertz CT molecular complexity index is 632. The van der Waals surface area contributed by atoms with E-state index >= 15 is 0 Å². The summed E-state index contributed by atoms with van der Waals surface area (Å²) in [4.78, 5) is 23.7. The summed E-state index contributed by atoms with van der Waals surface area (Å²) in [7, 11) is 1.24. The minimum Gasteiger partial charge on any atom is -0.465 e. The highest BCUT2D eigenvalue weighted by Crippen LogP contribution is 2.25. The summed E-state index contributed by atoms with van der Waals surface area (Å²) in [5.74, 6) is -0.620. The summed E-state index contributed by atoms with van der Waals surface area (Å²) in [5.41, 5.74) is 5.99. The number of carbonyl (C=O) groups is 2. The lowest BCUT2D eigenvalue weighted by Crippen LogP contribution is -2.15. The molecule has 1 aromatic rings. The van der Waals surface area contributed by atoms with Crippen molar-refractivity contribution < 1.29 is 23.8 Å². The summed E-state index contributed by atoms with van der Waals surface area (Å²) in [6.07, 6.45) is 16.9. The molecule has 176 valence electrons. The van der Waals surface area contributed by atoms with E-state index in [0.29, 0.717) is 6.61 Å². The zero-order chi connectivity index (χ0) is 22.7. The third-order valence-corrected chi connectivity index (χ3v) is 5.36. The molecule has 6 heteroatoms. The summed E-state index contributed by atoms with van der Waals surface area (Å²) >= 11 is 0. The van der Waals surface area contributed by atoms with Gasteiger partial charge in [-0.3, -0.25) is 0 Å². The minimum atomic E-state index is -0.842. The first-order valence-corrected chi connectivity index (χ1v) is 11.9. The van der Waals surface area contributed by atoms with Gasteiger partial charge in [0.2, 0.25) is 0 Å². The van der Waals surface area contributed by atoms with Crippen LogP contribution in [0.15, 0.2) is 18.2 Å².